The highest BCUT2D eigenvalue weighted by molar-refractivity contribution is 5.76. The van der Waals surface area contributed by atoms with Crippen LogP contribution in [0.5, 0.6) is 0 Å². The van der Waals surface area contributed by atoms with Gasteiger partial charge in [-0.3, -0.25) is 0 Å². The predicted octanol–water partition coefficient (Wildman–Crippen LogP) is 5.43. The number of piperidine rings is 1. The molecular weight excluding hydrogens is 368 g/mol. The molecule has 0 spiro atoms. The number of fused-ring (bicyclic) bond motifs is 1. The maximum Gasteiger partial charge on any atom is 0.111 e. The van der Waals surface area contributed by atoms with Crippen LogP contribution in [0.4, 0.5) is 0 Å². The zero-order valence-electron chi connectivity index (χ0n) is 19.5. The molecule has 166 valence electrons. The second-order valence-corrected chi connectivity index (χ2v) is 10.5. The van der Waals surface area contributed by atoms with Crippen molar-refractivity contribution in [3.05, 3.63) is 30.1 Å². The standard InChI is InChI=1S/C26H42N4/c1-4-15-27-16-11-25-28-23-9-5-6-10-24(23)30(25)22-12-17-29(18-13-22)20-21-8-7-14-26(2,3)19-21/h5-6,9-10,21-22,27H,4,7-8,11-20H2,1-3H3. The predicted molar refractivity (Wildman–Crippen MR) is 127 cm³/mol. The molecule has 1 unspecified atom stereocenters. The van der Waals surface area contributed by atoms with E-state index in [1.54, 1.807) is 0 Å². The minimum absolute atomic E-state index is 0.553. The third-order valence-corrected chi connectivity index (χ3v) is 7.37. The summed E-state index contributed by atoms with van der Waals surface area (Å²) < 4.78 is 2.59. The lowest BCUT2D eigenvalue weighted by molar-refractivity contribution is 0.109. The van der Waals surface area contributed by atoms with Crippen LogP contribution in [0.2, 0.25) is 0 Å². The van der Waals surface area contributed by atoms with E-state index in [0.717, 1.165) is 30.9 Å². The number of likely N-dealkylation sites (tertiary alicyclic amines) is 1. The van der Waals surface area contributed by atoms with Crippen LogP contribution in [-0.4, -0.2) is 47.2 Å². The quantitative estimate of drug-likeness (QED) is 0.589. The van der Waals surface area contributed by atoms with Gasteiger partial charge in [0, 0.05) is 38.6 Å². The van der Waals surface area contributed by atoms with Crippen LogP contribution in [0.3, 0.4) is 0 Å². The summed E-state index contributed by atoms with van der Waals surface area (Å²) in [5, 5.41) is 3.56. The highest BCUT2D eigenvalue weighted by atomic mass is 15.2. The molecule has 2 fully saturated rings. The second kappa shape index (κ2) is 9.82. The molecule has 0 bridgehead atoms. The van der Waals surface area contributed by atoms with Crippen LogP contribution in [0, 0.1) is 11.3 Å². The summed E-state index contributed by atoms with van der Waals surface area (Å²) in [7, 11) is 0. The van der Waals surface area contributed by atoms with Gasteiger partial charge in [-0.15, -0.1) is 0 Å². The number of hydrogen-bond acceptors (Lipinski definition) is 3. The molecule has 1 N–H and O–H groups in total. The second-order valence-electron chi connectivity index (χ2n) is 10.5. The number of para-hydroxylation sites is 2. The van der Waals surface area contributed by atoms with E-state index in [4.69, 9.17) is 4.98 Å². The van der Waals surface area contributed by atoms with E-state index in [-0.39, 0.29) is 0 Å². The van der Waals surface area contributed by atoms with Crippen molar-refractivity contribution in [1.29, 1.82) is 0 Å². The van der Waals surface area contributed by atoms with Gasteiger partial charge in [0.05, 0.1) is 11.0 Å². The van der Waals surface area contributed by atoms with Gasteiger partial charge in [-0.1, -0.05) is 39.3 Å². The Bertz CT molecular complexity index is 800. The topological polar surface area (TPSA) is 33.1 Å². The Morgan fingerprint density at radius 2 is 1.90 bits per heavy atom. The van der Waals surface area contributed by atoms with Crippen molar-refractivity contribution in [2.24, 2.45) is 11.3 Å². The SMILES string of the molecule is CCCNCCc1nc2ccccc2n1C1CCN(CC2CCCC(C)(C)C2)CC1. The van der Waals surface area contributed by atoms with Crippen LogP contribution in [-0.2, 0) is 6.42 Å². The fourth-order valence-electron chi connectivity index (χ4n) is 5.92. The molecule has 1 aliphatic heterocycles. The third kappa shape index (κ3) is 5.26. The van der Waals surface area contributed by atoms with Gasteiger partial charge in [-0.2, -0.15) is 0 Å². The molecule has 1 saturated heterocycles. The lowest BCUT2D eigenvalue weighted by Gasteiger charge is -2.40. The van der Waals surface area contributed by atoms with Crippen LogP contribution < -0.4 is 5.32 Å². The Balaban J connectivity index is 1.40. The first kappa shape index (κ1) is 21.8. The largest absolute Gasteiger partial charge is 0.325 e. The molecule has 30 heavy (non-hydrogen) atoms. The minimum atomic E-state index is 0.553. The van der Waals surface area contributed by atoms with Crippen LogP contribution in [0.15, 0.2) is 24.3 Å². The van der Waals surface area contributed by atoms with E-state index >= 15 is 0 Å². The lowest BCUT2D eigenvalue weighted by atomic mass is 9.72. The molecule has 2 aromatic rings. The van der Waals surface area contributed by atoms with E-state index in [1.807, 2.05) is 0 Å². The summed E-state index contributed by atoms with van der Waals surface area (Å²) in [6.45, 7) is 13.1. The molecule has 1 aromatic carbocycles. The molecule has 4 heteroatoms. The Labute approximate surface area is 183 Å². The first-order chi connectivity index (χ1) is 14.6. The molecule has 0 radical (unpaired) electrons. The van der Waals surface area contributed by atoms with Gasteiger partial charge < -0.3 is 14.8 Å². The summed E-state index contributed by atoms with van der Waals surface area (Å²) >= 11 is 0. The minimum Gasteiger partial charge on any atom is -0.325 e. The Hall–Kier alpha value is -1.39. The van der Waals surface area contributed by atoms with Crippen molar-refractivity contribution in [1.82, 2.24) is 19.8 Å². The van der Waals surface area contributed by atoms with Crippen LogP contribution in [0.1, 0.15) is 77.6 Å². The van der Waals surface area contributed by atoms with E-state index in [9.17, 15) is 0 Å². The average molecular weight is 411 g/mol. The highest BCUT2D eigenvalue weighted by Gasteiger charge is 2.31. The number of nitrogens with one attached hydrogen (secondary N) is 1. The summed E-state index contributed by atoms with van der Waals surface area (Å²) in [6, 6.07) is 9.32. The van der Waals surface area contributed by atoms with Crippen molar-refractivity contribution >= 4 is 11.0 Å². The van der Waals surface area contributed by atoms with E-state index in [1.165, 1.54) is 75.9 Å². The Morgan fingerprint density at radius 3 is 2.67 bits per heavy atom. The number of imidazole rings is 1. The molecule has 2 aliphatic rings. The van der Waals surface area contributed by atoms with Gasteiger partial charge in [0.1, 0.15) is 5.82 Å². The van der Waals surface area contributed by atoms with Crippen molar-refractivity contribution in [2.45, 2.75) is 78.2 Å². The van der Waals surface area contributed by atoms with Gasteiger partial charge >= 0.3 is 0 Å². The van der Waals surface area contributed by atoms with Gasteiger partial charge in [0.15, 0.2) is 0 Å². The molecular formula is C26H42N4. The zero-order valence-corrected chi connectivity index (χ0v) is 19.5. The summed E-state index contributed by atoms with van der Waals surface area (Å²) in [4.78, 5) is 7.78. The first-order valence-corrected chi connectivity index (χ1v) is 12.4. The van der Waals surface area contributed by atoms with Crippen molar-refractivity contribution in [3.63, 3.8) is 0 Å². The average Bonchev–Trinajstić information content (AvgIpc) is 3.09. The van der Waals surface area contributed by atoms with Crippen LogP contribution >= 0.6 is 0 Å². The van der Waals surface area contributed by atoms with Gasteiger partial charge in [0.2, 0.25) is 0 Å². The zero-order chi connectivity index (χ0) is 21.0. The molecule has 1 atom stereocenters. The number of hydrogen-bond donors (Lipinski definition) is 1. The van der Waals surface area contributed by atoms with E-state index < -0.39 is 0 Å². The maximum atomic E-state index is 5.02. The summed E-state index contributed by atoms with van der Waals surface area (Å²) in [6.07, 6.45) is 10.4. The Kier molecular flexibility index (Phi) is 7.15. The first-order valence-electron chi connectivity index (χ1n) is 12.4. The van der Waals surface area contributed by atoms with E-state index in [2.05, 4.69) is 59.8 Å². The van der Waals surface area contributed by atoms with Gasteiger partial charge in [-0.05, 0) is 68.5 Å². The third-order valence-electron chi connectivity index (χ3n) is 7.37. The van der Waals surface area contributed by atoms with Gasteiger partial charge in [-0.25, -0.2) is 4.98 Å². The van der Waals surface area contributed by atoms with Crippen molar-refractivity contribution < 1.29 is 0 Å². The number of nitrogens with zero attached hydrogens (tertiary/aromatic N) is 3. The summed E-state index contributed by atoms with van der Waals surface area (Å²) in [5.41, 5.74) is 3.04. The van der Waals surface area contributed by atoms with Crippen molar-refractivity contribution in [2.75, 3.05) is 32.7 Å². The normalized spacial score (nSPS) is 23.2. The summed E-state index contributed by atoms with van der Waals surface area (Å²) in [5.74, 6) is 2.17. The van der Waals surface area contributed by atoms with Crippen LogP contribution in [0.25, 0.3) is 11.0 Å². The number of rotatable bonds is 8. The smallest absolute Gasteiger partial charge is 0.111 e. The fraction of sp³-hybridized carbons (Fsp3) is 0.731. The molecule has 1 aliphatic carbocycles. The molecule has 2 heterocycles. The Morgan fingerprint density at radius 1 is 1.10 bits per heavy atom. The molecule has 4 rings (SSSR count). The molecule has 1 saturated carbocycles. The number of aromatic nitrogens is 2. The lowest BCUT2D eigenvalue weighted by Crippen LogP contribution is -2.40. The van der Waals surface area contributed by atoms with Crippen molar-refractivity contribution in [3.8, 4) is 0 Å². The molecule has 0 amide bonds. The fourth-order valence-corrected chi connectivity index (χ4v) is 5.92. The molecule has 1 aromatic heterocycles. The molecule has 4 nitrogen and oxygen atoms in total. The van der Waals surface area contributed by atoms with Gasteiger partial charge in [0.25, 0.3) is 0 Å². The number of benzene rings is 1. The van der Waals surface area contributed by atoms with E-state index in [0.29, 0.717) is 11.5 Å². The highest BCUT2D eigenvalue weighted by Crippen LogP contribution is 2.39. The maximum absolute atomic E-state index is 5.02. The monoisotopic (exact) mass is 410 g/mol.